The summed E-state index contributed by atoms with van der Waals surface area (Å²) in [7, 11) is 0. The molecule has 1 saturated heterocycles. The van der Waals surface area contributed by atoms with Crippen molar-refractivity contribution in [3.05, 3.63) is 18.5 Å². The number of aromatic nitrogens is 2. The number of hydrogen-bond acceptors (Lipinski definition) is 3. The van der Waals surface area contributed by atoms with E-state index in [1.807, 2.05) is 0 Å². The Morgan fingerprint density at radius 3 is 2.68 bits per heavy atom. The van der Waals surface area contributed by atoms with Crippen molar-refractivity contribution in [2.45, 2.75) is 24.8 Å². The van der Waals surface area contributed by atoms with Crippen molar-refractivity contribution in [2.24, 2.45) is 0 Å². The molecule has 0 aromatic carbocycles. The Hall–Kier alpha value is -1.21. The van der Waals surface area contributed by atoms with Crippen LogP contribution in [0, 0.1) is 0 Å². The van der Waals surface area contributed by atoms with E-state index in [0.29, 0.717) is 25.9 Å². The minimum Gasteiger partial charge on any atom is -0.348 e. The monoisotopic (exact) mass is 294 g/mol. The maximum Gasteiger partial charge on any atom is 0.255 e. The number of rotatable bonds is 4. The average Bonchev–Trinajstić information content (AvgIpc) is 2.91. The number of nitrogens with zero attached hydrogens (tertiary/aromatic N) is 2. The molecule has 0 unspecified atom stereocenters. The molecule has 2 rings (SSSR count). The van der Waals surface area contributed by atoms with Gasteiger partial charge in [0.15, 0.2) is 0 Å². The third-order valence-electron chi connectivity index (χ3n) is 3.21. The van der Waals surface area contributed by atoms with Gasteiger partial charge >= 0.3 is 0 Å². The molecule has 1 fully saturated rings. The highest BCUT2D eigenvalue weighted by Crippen LogP contribution is 2.27. The molecule has 108 valence electrons. The lowest BCUT2D eigenvalue weighted by molar-refractivity contribution is -0.132. The maximum absolute atomic E-state index is 12.2. The summed E-state index contributed by atoms with van der Waals surface area (Å²) in [5, 5.41) is 9.56. The van der Waals surface area contributed by atoms with Gasteiger partial charge in [0.2, 0.25) is 5.91 Å². The second-order valence-electron chi connectivity index (χ2n) is 4.33. The molecule has 1 aliphatic rings. The quantitative estimate of drug-likeness (QED) is 0.862. The van der Waals surface area contributed by atoms with Crippen molar-refractivity contribution in [3.8, 4) is 0 Å². The Kier molecular flexibility index (Phi) is 5.68. The summed E-state index contributed by atoms with van der Waals surface area (Å²) < 4.78 is 25.9. The minimum absolute atomic E-state index is 0. The summed E-state index contributed by atoms with van der Waals surface area (Å²) >= 11 is 0. The van der Waals surface area contributed by atoms with E-state index in [2.05, 4.69) is 15.7 Å². The molecule has 19 heavy (non-hydrogen) atoms. The molecule has 0 atom stereocenters. The topological polar surface area (TPSA) is 59.0 Å². The Morgan fingerprint density at radius 2 is 2.16 bits per heavy atom. The van der Waals surface area contributed by atoms with Gasteiger partial charge in [-0.15, -0.1) is 12.4 Å². The second-order valence-corrected chi connectivity index (χ2v) is 4.33. The molecule has 2 heterocycles. The van der Waals surface area contributed by atoms with Crippen LogP contribution in [0.1, 0.15) is 12.8 Å². The van der Waals surface area contributed by atoms with Gasteiger partial charge in [0, 0.05) is 12.4 Å². The molecule has 0 aliphatic carbocycles. The zero-order valence-electron chi connectivity index (χ0n) is 10.3. The van der Waals surface area contributed by atoms with Crippen LogP contribution in [0.3, 0.4) is 0 Å². The SMILES string of the molecule is Cl.O=C(NCC(F)F)C1(n2cccn2)CCNCC1. The molecule has 0 bridgehead atoms. The summed E-state index contributed by atoms with van der Waals surface area (Å²) in [5.74, 6) is -0.381. The van der Waals surface area contributed by atoms with E-state index >= 15 is 0 Å². The molecule has 2 N–H and O–H groups in total. The molecule has 1 aromatic rings. The van der Waals surface area contributed by atoms with Gasteiger partial charge in [-0.3, -0.25) is 9.48 Å². The number of nitrogens with one attached hydrogen (secondary N) is 2. The van der Waals surface area contributed by atoms with E-state index in [1.165, 1.54) is 0 Å². The van der Waals surface area contributed by atoms with Crippen molar-refractivity contribution in [3.63, 3.8) is 0 Å². The molecule has 5 nitrogen and oxygen atoms in total. The highest BCUT2D eigenvalue weighted by molar-refractivity contribution is 5.85. The fraction of sp³-hybridized carbons (Fsp3) is 0.636. The Morgan fingerprint density at radius 1 is 1.47 bits per heavy atom. The van der Waals surface area contributed by atoms with Gasteiger partial charge in [0.1, 0.15) is 5.54 Å². The van der Waals surface area contributed by atoms with Crippen LogP contribution in [-0.4, -0.2) is 41.7 Å². The largest absolute Gasteiger partial charge is 0.348 e. The van der Waals surface area contributed by atoms with Gasteiger partial charge in [0.05, 0.1) is 6.54 Å². The second kappa shape index (κ2) is 6.81. The van der Waals surface area contributed by atoms with E-state index in [0.717, 1.165) is 0 Å². The Labute approximate surface area is 116 Å². The van der Waals surface area contributed by atoms with Crippen molar-refractivity contribution in [1.29, 1.82) is 0 Å². The van der Waals surface area contributed by atoms with Gasteiger partial charge in [-0.25, -0.2) is 8.78 Å². The van der Waals surface area contributed by atoms with E-state index in [1.54, 1.807) is 23.1 Å². The van der Waals surface area contributed by atoms with Crippen molar-refractivity contribution < 1.29 is 13.6 Å². The first kappa shape index (κ1) is 15.8. The van der Waals surface area contributed by atoms with Gasteiger partial charge < -0.3 is 10.6 Å². The smallest absolute Gasteiger partial charge is 0.255 e. The van der Waals surface area contributed by atoms with Crippen molar-refractivity contribution >= 4 is 18.3 Å². The number of amides is 1. The van der Waals surface area contributed by atoms with Crippen molar-refractivity contribution in [2.75, 3.05) is 19.6 Å². The van der Waals surface area contributed by atoms with E-state index < -0.39 is 18.5 Å². The van der Waals surface area contributed by atoms with Gasteiger partial charge in [-0.05, 0) is 32.0 Å². The first-order valence-corrected chi connectivity index (χ1v) is 5.92. The molecule has 1 amide bonds. The highest BCUT2D eigenvalue weighted by Gasteiger charge is 2.41. The normalized spacial score (nSPS) is 17.8. The van der Waals surface area contributed by atoms with Crippen LogP contribution in [-0.2, 0) is 10.3 Å². The molecular formula is C11H17ClF2N4O. The van der Waals surface area contributed by atoms with Crippen LogP contribution in [0.4, 0.5) is 8.78 Å². The maximum atomic E-state index is 12.2. The summed E-state index contributed by atoms with van der Waals surface area (Å²) in [6.45, 7) is 0.721. The van der Waals surface area contributed by atoms with Gasteiger partial charge in [-0.1, -0.05) is 0 Å². The minimum atomic E-state index is -2.54. The van der Waals surface area contributed by atoms with Crippen molar-refractivity contribution in [1.82, 2.24) is 20.4 Å². The lowest BCUT2D eigenvalue weighted by Crippen LogP contribution is -2.55. The third kappa shape index (κ3) is 3.42. The zero-order valence-corrected chi connectivity index (χ0v) is 11.1. The number of alkyl halides is 2. The third-order valence-corrected chi connectivity index (χ3v) is 3.21. The number of hydrogen-bond donors (Lipinski definition) is 2. The predicted molar refractivity (Wildman–Crippen MR) is 68.6 cm³/mol. The van der Waals surface area contributed by atoms with Crippen LogP contribution < -0.4 is 10.6 Å². The fourth-order valence-electron chi connectivity index (χ4n) is 2.26. The summed E-state index contributed by atoms with van der Waals surface area (Å²) in [6, 6.07) is 1.73. The number of halogens is 3. The summed E-state index contributed by atoms with van der Waals surface area (Å²) in [5.41, 5.74) is -0.844. The van der Waals surface area contributed by atoms with Gasteiger partial charge in [-0.2, -0.15) is 5.10 Å². The molecule has 0 spiro atoms. The van der Waals surface area contributed by atoms with E-state index in [9.17, 15) is 13.6 Å². The number of carbonyl (C=O) groups is 1. The van der Waals surface area contributed by atoms with E-state index in [4.69, 9.17) is 0 Å². The molecule has 8 heteroatoms. The van der Waals surface area contributed by atoms with E-state index in [-0.39, 0.29) is 18.3 Å². The van der Waals surface area contributed by atoms with Crippen LogP contribution in [0.2, 0.25) is 0 Å². The lowest BCUT2D eigenvalue weighted by atomic mass is 9.87. The van der Waals surface area contributed by atoms with Crippen LogP contribution in [0.5, 0.6) is 0 Å². The van der Waals surface area contributed by atoms with Crippen LogP contribution in [0.15, 0.2) is 18.5 Å². The zero-order chi connectivity index (χ0) is 13.0. The molecule has 1 aliphatic heterocycles. The standard InChI is InChI=1S/C11H16F2N4O.ClH/c12-9(13)8-15-10(18)11(2-5-14-6-3-11)17-7-1-4-16-17;/h1,4,7,9,14H,2-3,5-6,8H2,(H,15,18);1H. The van der Waals surface area contributed by atoms with Gasteiger partial charge in [0.25, 0.3) is 6.43 Å². The molecule has 1 aromatic heterocycles. The first-order chi connectivity index (χ1) is 8.65. The number of carbonyl (C=O) groups excluding carboxylic acids is 1. The molecule has 0 radical (unpaired) electrons. The average molecular weight is 295 g/mol. The van der Waals surface area contributed by atoms with Crippen LogP contribution >= 0.6 is 12.4 Å². The molecular weight excluding hydrogens is 278 g/mol. The molecule has 0 saturated carbocycles. The first-order valence-electron chi connectivity index (χ1n) is 5.92. The fourth-order valence-corrected chi connectivity index (χ4v) is 2.26. The van der Waals surface area contributed by atoms with Crippen LogP contribution in [0.25, 0.3) is 0 Å². The summed E-state index contributed by atoms with van der Waals surface area (Å²) in [6.07, 6.45) is 1.84. The number of piperidine rings is 1. The Bertz CT molecular complexity index is 393. The summed E-state index contributed by atoms with van der Waals surface area (Å²) in [4.78, 5) is 12.2. The Balaban J connectivity index is 0.00000180. The lowest BCUT2D eigenvalue weighted by Gasteiger charge is -2.36. The predicted octanol–water partition coefficient (Wildman–Crippen LogP) is 0.765. The highest BCUT2D eigenvalue weighted by atomic mass is 35.5.